The van der Waals surface area contributed by atoms with Gasteiger partial charge < -0.3 is 19.8 Å². The van der Waals surface area contributed by atoms with E-state index in [4.69, 9.17) is 9.47 Å². The molecule has 3 aliphatic rings. The summed E-state index contributed by atoms with van der Waals surface area (Å²) in [5, 5.41) is 4.48. The van der Waals surface area contributed by atoms with E-state index in [9.17, 15) is 9.59 Å². The maximum Gasteiger partial charge on any atom is 0.345 e. The molecule has 0 radical (unpaired) electrons. The lowest BCUT2D eigenvalue weighted by Crippen LogP contribution is -2.25. The predicted molar refractivity (Wildman–Crippen MR) is 111 cm³/mol. The molecule has 2 N–H and O–H groups in total. The van der Waals surface area contributed by atoms with Crippen molar-refractivity contribution < 1.29 is 19.1 Å². The predicted octanol–water partition coefficient (Wildman–Crippen LogP) is 2.94. The Morgan fingerprint density at radius 1 is 1.43 bits per heavy atom. The van der Waals surface area contributed by atoms with E-state index in [-0.39, 0.29) is 30.6 Å². The number of Topliss-reactive ketones (excluding diaryl/α,β-unsaturated/α-hetero) is 1. The minimum atomic E-state index is -0.608. The largest absolute Gasteiger partial charge is 0.487 e. The molecule has 1 fully saturated rings. The van der Waals surface area contributed by atoms with Crippen LogP contribution in [-0.2, 0) is 19.1 Å². The van der Waals surface area contributed by atoms with Crippen molar-refractivity contribution in [3.8, 4) is 0 Å². The number of H-pyrrole nitrogens is 1. The van der Waals surface area contributed by atoms with E-state index in [2.05, 4.69) is 33.5 Å². The standard InChI is InChI=1S/C23H21N3O4/c1-2-29-23(28)20-19(27)12-30-21(20)18-10-14-8-13(5-6-17(14)26-18)9-15-11-25-22-16(15)4-3-7-24-22/h3-4,6-9,11,18,26H,2,5,10,12H2,1H3,(H,24,25). The highest BCUT2D eigenvalue weighted by Crippen LogP contribution is 2.36. The summed E-state index contributed by atoms with van der Waals surface area (Å²) in [6, 6.07) is 3.73. The van der Waals surface area contributed by atoms with Crippen molar-refractivity contribution >= 4 is 28.9 Å². The van der Waals surface area contributed by atoms with Gasteiger partial charge in [-0.2, -0.15) is 0 Å². The van der Waals surface area contributed by atoms with E-state index in [0.717, 1.165) is 34.3 Å². The highest BCUT2D eigenvalue weighted by Gasteiger charge is 2.39. The van der Waals surface area contributed by atoms with Crippen LogP contribution in [0.25, 0.3) is 17.1 Å². The first-order valence-electron chi connectivity index (χ1n) is 10.0. The van der Waals surface area contributed by atoms with Gasteiger partial charge in [-0.25, -0.2) is 9.78 Å². The highest BCUT2D eigenvalue weighted by atomic mass is 16.5. The number of aromatic amines is 1. The summed E-state index contributed by atoms with van der Waals surface area (Å²) in [6.07, 6.45) is 11.6. The number of hydrogen-bond acceptors (Lipinski definition) is 6. The molecule has 0 aromatic carbocycles. The Kier molecular flexibility index (Phi) is 4.50. The third-order valence-corrected chi connectivity index (χ3v) is 5.51. The second kappa shape index (κ2) is 7.33. The van der Waals surface area contributed by atoms with Crippen LogP contribution in [0, 0.1) is 0 Å². The van der Waals surface area contributed by atoms with E-state index in [0.29, 0.717) is 12.2 Å². The monoisotopic (exact) mass is 403 g/mol. The molecule has 2 aliphatic heterocycles. The molecule has 0 amide bonds. The maximum atomic E-state index is 12.2. The molecule has 30 heavy (non-hydrogen) atoms. The number of pyridine rings is 1. The molecule has 1 aliphatic carbocycles. The summed E-state index contributed by atoms with van der Waals surface area (Å²) >= 11 is 0. The number of hydrogen-bond donors (Lipinski definition) is 2. The Morgan fingerprint density at radius 3 is 3.20 bits per heavy atom. The first-order valence-corrected chi connectivity index (χ1v) is 10.0. The molecular weight excluding hydrogens is 382 g/mol. The summed E-state index contributed by atoms with van der Waals surface area (Å²) in [4.78, 5) is 31.9. The molecule has 7 nitrogen and oxygen atoms in total. The number of rotatable bonds is 4. The van der Waals surface area contributed by atoms with Gasteiger partial charge in [0.1, 0.15) is 17.0 Å². The van der Waals surface area contributed by atoms with Crippen LogP contribution in [0.4, 0.5) is 0 Å². The molecule has 5 rings (SSSR count). The lowest BCUT2D eigenvalue weighted by atomic mass is 9.96. The second-order valence-corrected chi connectivity index (χ2v) is 7.43. The van der Waals surface area contributed by atoms with E-state index < -0.39 is 5.97 Å². The van der Waals surface area contributed by atoms with E-state index in [1.165, 1.54) is 5.57 Å². The van der Waals surface area contributed by atoms with Gasteiger partial charge in [-0.15, -0.1) is 0 Å². The van der Waals surface area contributed by atoms with Crippen molar-refractivity contribution in [2.24, 2.45) is 0 Å². The van der Waals surface area contributed by atoms with E-state index in [1.807, 2.05) is 18.3 Å². The van der Waals surface area contributed by atoms with Gasteiger partial charge in [0.15, 0.2) is 6.61 Å². The molecule has 7 heteroatoms. The zero-order chi connectivity index (χ0) is 20.7. The summed E-state index contributed by atoms with van der Waals surface area (Å²) in [6.45, 7) is 1.82. The zero-order valence-electron chi connectivity index (χ0n) is 16.5. The number of esters is 1. The number of nitrogens with one attached hydrogen (secondary N) is 2. The van der Waals surface area contributed by atoms with E-state index >= 15 is 0 Å². The number of ketones is 1. The molecule has 2 aromatic heterocycles. The minimum absolute atomic E-state index is 0.0382. The molecule has 1 unspecified atom stereocenters. The Balaban J connectivity index is 1.42. The normalized spacial score (nSPS) is 22.0. The van der Waals surface area contributed by atoms with Crippen LogP contribution in [0.15, 0.2) is 64.9 Å². The third kappa shape index (κ3) is 3.12. The van der Waals surface area contributed by atoms with Crippen molar-refractivity contribution in [3.63, 3.8) is 0 Å². The van der Waals surface area contributed by atoms with Gasteiger partial charge >= 0.3 is 5.97 Å². The fraction of sp³-hybridized carbons (Fsp3) is 0.261. The van der Waals surface area contributed by atoms with Crippen molar-refractivity contribution in [2.75, 3.05) is 13.2 Å². The number of nitrogens with zero attached hydrogens (tertiary/aromatic N) is 1. The van der Waals surface area contributed by atoms with Gasteiger partial charge in [-0.3, -0.25) is 4.79 Å². The lowest BCUT2D eigenvalue weighted by molar-refractivity contribution is -0.139. The average molecular weight is 403 g/mol. The summed E-state index contributed by atoms with van der Waals surface area (Å²) < 4.78 is 10.6. The second-order valence-electron chi connectivity index (χ2n) is 7.43. The van der Waals surface area contributed by atoms with Crippen molar-refractivity contribution in [2.45, 2.75) is 25.8 Å². The molecule has 152 valence electrons. The molecular formula is C23H21N3O4. The van der Waals surface area contributed by atoms with Crippen LogP contribution in [-0.4, -0.2) is 41.0 Å². The van der Waals surface area contributed by atoms with Gasteiger partial charge in [0, 0.05) is 35.5 Å². The number of carbonyl (C=O) groups excluding carboxylic acids is 2. The number of carbonyl (C=O) groups is 2. The van der Waals surface area contributed by atoms with Crippen LogP contribution >= 0.6 is 0 Å². The maximum absolute atomic E-state index is 12.2. The van der Waals surface area contributed by atoms with Gasteiger partial charge in [0.2, 0.25) is 5.78 Å². The third-order valence-electron chi connectivity index (χ3n) is 5.51. The fourth-order valence-corrected chi connectivity index (χ4v) is 4.16. The van der Waals surface area contributed by atoms with Crippen LogP contribution in [0.1, 0.15) is 25.3 Å². The van der Waals surface area contributed by atoms with Crippen molar-refractivity contribution in [3.05, 3.63) is 70.4 Å². The first kappa shape index (κ1) is 18.4. The topological polar surface area (TPSA) is 93.3 Å². The SMILES string of the molecule is CCOC(=O)C1=C(C2CC3=CC(=Cc4c[nH]c5ncccc45)CC=C3N2)OCC1=O. The summed E-state index contributed by atoms with van der Waals surface area (Å²) in [5.74, 6) is -0.539. The first-order chi connectivity index (χ1) is 14.6. The molecule has 0 spiro atoms. The molecule has 0 saturated carbocycles. The number of aromatic nitrogens is 2. The van der Waals surface area contributed by atoms with Crippen LogP contribution in [0.5, 0.6) is 0 Å². The van der Waals surface area contributed by atoms with Gasteiger partial charge in [-0.1, -0.05) is 12.2 Å². The Bertz CT molecular complexity index is 1180. The van der Waals surface area contributed by atoms with Gasteiger partial charge in [-0.05, 0) is 42.7 Å². The van der Waals surface area contributed by atoms with Crippen LogP contribution < -0.4 is 5.32 Å². The Labute approximate surface area is 173 Å². The van der Waals surface area contributed by atoms with Crippen molar-refractivity contribution in [1.29, 1.82) is 0 Å². The van der Waals surface area contributed by atoms with Gasteiger partial charge in [0.05, 0.1) is 12.6 Å². The smallest absolute Gasteiger partial charge is 0.345 e. The highest BCUT2D eigenvalue weighted by molar-refractivity contribution is 6.19. The number of ether oxygens (including phenoxy) is 2. The quantitative estimate of drug-likeness (QED) is 0.602. The molecule has 2 aromatic rings. The zero-order valence-corrected chi connectivity index (χ0v) is 16.5. The summed E-state index contributed by atoms with van der Waals surface area (Å²) in [5.41, 5.74) is 5.35. The Morgan fingerprint density at radius 2 is 2.33 bits per heavy atom. The number of fused-ring (bicyclic) bond motifs is 2. The van der Waals surface area contributed by atoms with Crippen molar-refractivity contribution in [1.82, 2.24) is 15.3 Å². The van der Waals surface area contributed by atoms with Gasteiger partial charge in [0.25, 0.3) is 0 Å². The average Bonchev–Trinajstić information content (AvgIpc) is 3.45. The fourth-order valence-electron chi connectivity index (χ4n) is 4.16. The molecule has 4 heterocycles. The molecule has 1 atom stereocenters. The molecule has 0 bridgehead atoms. The minimum Gasteiger partial charge on any atom is -0.487 e. The molecule has 1 saturated heterocycles. The van der Waals surface area contributed by atoms with Crippen LogP contribution in [0.3, 0.4) is 0 Å². The van der Waals surface area contributed by atoms with E-state index in [1.54, 1.807) is 13.1 Å². The summed E-state index contributed by atoms with van der Waals surface area (Å²) in [7, 11) is 0. The number of allylic oxidation sites excluding steroid dienone is 4. The van der Waals surface area contributed by atoms with Crippen LogP contribution in [0.2, 0.25) is 0 Å². The Hall–Kier alpha value is -3.61. The lowest BCUT2D eigenvalue weighted by Gasteiger charge is -2.13.